The van der Waals surface area contributed by atoms with Crippen molar-refractivity contribution < 1.29 is 0 Å². The SMILES string of the molecule is CCC1CCCN1c1cnc(CNC(C)C)cn1. The van der Waals surface area contributed by atoms with Gasteiger partial charge in [0, 0.05) is 25.2 Å². The zero-order valence-electron chi connectivity index (χ0n) is 11.7. The van der Waals surface area contributed by atoms with Gasteiger partial charge in [0.1, 0.15) is 5.82 Å². The Morgan fingerprint density at radius 2 is 2.22 bits per heavy atom. The van der Waals surface area contributed by atoms with Gasteiger partial charge in [0.25, 0.3) is 0 Å². The maximum Gasteiger partial charge on any atom is 0.147 e. The standard InChI is InChI=1S/C14H24N4/c1-4-13-6-5-7-18(13)14-10-16-12(9-17-14)8-15-11(2)3/h9-11,13,15H,4-8H2,1-3H3. The molecule has 1 atom stereocenters. The lowest BCUT2D eigenvalue weighted by atomic mass is 10.2. The molecular weight excluding hydrogens is 224 g/mol. The van der Waals surface area contributed by atoms with Crippen LogP contribution in [0.4, 0.5) is 5.82 Å². The first-order chi connectivity index (χ1) is 8.70. The van der Waals surface area contributed by atoms with Gasteiger partial charge in [-0.15, -0.1) is 0 Å². The lowest BCUT2D eigenvalue weighted by molar-refractivity contribution is 0.579. The monoisotopic (exact) mass is 248 g/mol. The van der Waals surface area contributed by atoms with E-state index in [1.54, 1.807) is 0 Å². The van der Waals surface area contributed by atoms with Gasteiger partial charge < -0.3 is 10.2 Å². The predicted octanol–water partition coefficient (Wildman–Crippen LogP) is 2.35. The molecule has 1 aromatic rings. The van der Waals surface area contributed by atoms with Gasteiger partial charge in [-0.25, -0.2) is 4.98 Å². The third-order valence-corrected chi connectivity index (χ3v) is 3.53. The van der Waals surface area contributed by atoms with E-state index in [4.69, 9.17) is 0 Å². The van der Waals surface area contributed by atoms with Crippen molar-refractivity contribution in [1.29, 1.82) is 0 Å². The average molecular weight is 248 g/mol. The highest BCUT2D eigenvalue weighted by atomic mass is 15.2. The summed E-state index contributed by atoms with van der Waals surface area (Å²) in [5.74, 6) is 1.03. The van der Waals surface area contributed by atoms with E-state index < -0.39 is 0 Å². The first-order valence-corrected chi connectivity index (χ1v) is 7.01. The summed E-state index contributed by atoms with van der Waals surface area (Å²) in [6, 6.07) is 1.13. The van der Waals surface area contributed by atoms with Crippen molar-refractivity contribution in [3.63, 3.8) is 0 Å². The molecule has 4 nitrogen and oxygen atoms in total. The molecule has 1 N–H and O–H groups in total. The van der Waals surface area contributed by atoms with Crippen LogP contribution in [0.5, 0.6) is 0 Å². The minimum Gasteiger partial charge on any atom is -0.352 e. The molecule has 0 aromatic carbocycles. The number of nitrogens with zero attached hydrogens (tertiary/aromatic N) is 3. The molecule has 4 heteroatoms. The Bertz CT molecular complexity index is 361. The van der Waals surface area contributed by atoms with Gasteiger partial charge in [0.15, 0.2) is 0 Å². The fraction of sp³-hybridized carbons (Fsp3) is 0.714. The quantitative estimate of drug-likeness (QED) is 0.868. The van der Waals surface area contributed by atoms with Gasteiger partial charge in [-0.3, -0.25) is 4.98 Å². The molecule has 1 aromatic heterocycles. The van der Waals surface area contributed by atoms with Crippen LogP contribution in [-0.4, -0.2) is 28.6 Å². The van der Waals surface area contributed by atoms with Crippen LogP contribution in [0.25, 0.3) is 0 Å². The number of hydrogen-bond acceptors (Lipinski definition) is 4. The van der Waals surface area contributed by atoms with Crippen LogP contribution in [0.1, 0.15) is 45.7 Å². The zero-order chi connectivity index (χ0) is 13.0. The fourth-order valence-electron chi connectivity index (χ4n) is 2.46. The predicted molar refractivity (Wildman–Crippen MR) is 74.7 cm³/mol. The van der Waals surface area contributed by atoms with Crippen LogP contribution in [0.15, 0.2) is 12.4 Å². The molecule has 1 aliphatic heterocycles. The largest absolute Gasteiger partial charge is 0.352 e. The summed E-state index contributed by atoms with van der Waals surface area (Å²) in [6.07, 6.45) is 7.57. The Hall–Kier alpha value is -1.16. The van der Waals surface area contributed by atoms with Gasteiger partial charge in [-0.05, 0) is 19.3 Å². The number of aromatic nitrogens is 2. The van der Waals surface area contributed by atoms with E-state index in [9.17, 15) is 0 Å². The molecule has 1 aliphatic rings. The first-order valence-electron chi connectivity index (χ1n) is 7.01. The van der Waals surface area contributed by atoms with E-state index in [-0.39, 0.29) is 0 Å². The molecule has 0 aliphatic carbocycles. The van der Waals surface area contributed by atoms with Crippen LogP contribution in [0.2, 0.25) is 0 Å². The Morgan fingerprint density at radius 1 is 1.39 bits per heavy atom. The van der Waals surface area contributed by atoms with E-state index in [2.05, 4.69) is 41.0 Å². The van der Waals surface area contributed by atoms with Crippen molar-refractivity contribution in [1.82, 2.24) is 15.3 Å². The highest BCUT2D eigenvalue weighted by molar-refractivity contribution is 5.38. The number of rotatable bonds is 5. The van der Waals surface area contributed by atoms with E-state index in [1.165, 1.54) is 19.3 Å². The van der Waals surface area contributed by atoms with E-state index in [0.717, 1.165) is 24.6 Å². The van der Waals surface area contributed by atoms with Crippen molar-refractivity contribution in [3.8, 4) is 0 Å². The van der Waals surface area contributed by atoms with Gasteiger partial charge >= 0.3 is 0 Å². The second kappa shape index (κ2) is 6.14. The lowest BCUT2D eigenvalue weighted by Crippen LogP contribution is -2.29. The van der Waals surface area contributed by atoms with E-state index in [0.29, 0.717) is 12.1 Å². The number of nitrogens with one attached hydrogen (secondary N) is 1. The molecule has 0 radical (unpaired) electrons. The minimum atomic E-state index is 0.481. The summed E-state index contributed by atoms with van der Waals surface area (Å²) in [5.41, 5.74) is 1.01. The molecule has 18 heavy (non-hydrogen) atoms. The number of hydrogen-bond donors (Lipinski definition) is 1. The fourth-order valence-corrected chi connectivity index (χ4v) is 2.46. The van der Waals surface area contributed by atoms with Crippen molar-refractivity contribution >= 4 is 5.82 Å². The topological polar surface area (TPSA) is 41.1 Å². The van der Waals surface area contributed by atoms with Crippen molar-refractivity contribution in [2.75, 3.05) is 11.4 Å². The Kier molecular flexibility index (Phi) is 4.53. The molecule has 2 rings (SSSR count). The summed E-state index contributed by atoms with van der Waals surface area (Å²) in [4.78, 5) is 11.5. The van der Waals surface area contributed by atoms with Crippen LogP contribution < -0.4 is 10.2 Å². The number of anilines is 1. The molecule has 2 heterocycles. The normalized spacial score (nSPS) is 19.8. The van der Waals surface area contributed by atoms with Crippen molar-refractivity contribution in [3.05, 3.63) is 18.1 Å². The van der Waals surface area contributed by atoms with Crippen molar-refractivity contribution in [2.24, 2.45) is 0 Å². The third-order valence-electron chi connectivity index (χ3n) is 3.53. The summed E-state index contributed by atoms with van der Waals surface area (Å²) in [7, 11) is 0. The Balaban J connectivity index is 1.98. The van der Waals surface area contributed by atoms with Gasteiger partial charge in [-0.1, -0.05) is 20.8 Å². The van der Waals surface area contributed by atoms with Gasteiger partial charge in [0.05, 0.1) is 18.1 Å². The summed E-state index contributed by atoms with van der Waals surface area (Å²) in [5, 5.41) is 3.35. The first kappa shape index (κ1) is 13.3. The highest BCUT2D eigenvalue weighted by Crippen LogP contribution is 2.24. The molecular formula is C14H24N4. The molecule has 1 fully saturated rings. The Labute approximate surface area is 110 Å². The second-order valence-corrected chi connectivity index (χ2v) is 5.30. The summed E-state index contributed by atoms with van der Waals surface area (Å²) < 4.78 is 0. The van der Waals surface area contributed by atoms with Gasteiger partial charge in [0.2, 0.25) is 0 Å². The van der Waals surface area contributed by atoms with Crippen LogP contribution in [0, 0.1) is 0 Å². The smallest absolute Gasteiger partial charge is 0.147 e. The minimum absolute atomic E-state index is 0.481. The summed E-state index contributed by atoms with van der Waals surface area (Å²) >= 11 is 0. The van der Waals surface area contributed by atoms with Gasteiger partial charge in [-0.2, -0.15) is 0 Å². The molecule has 100 valence electrons. The van der Waals surface area contributed by atoms with Crippen molar-refractivity contribution in [2.45, 2.75) is 58.7 Å². The van der Waals surface area contributed by atoms with Crippen LogP contribution in [0.3, 0.4) is 0 Å². The maximum atomic E-state index is 4.56. The lowest BCUT2D eigenvalue weighted by Gasteiger charge is -2.24. The third kappa shape index (κ3) is 3.19. The zero-order valence-corrected chi connectivity index (χ0v) is 11.7. The van der Waals surface area contributed by atoms with Crippen LogP contribution >= 0.6 is 0 Å². The summed E-state index contributed by atoms with van der Waals surface area (Å²) in [6.45, 7) is 8.44. The van der Waals surface area contributed by atoms with E-state index >= 15 is 0 Å². The molecule has 0 bridgehead atoms. The molecule has 0 spiro atoms. The molecule has 1 saturated heterocycles. The second-order valence-electron chi connectivity index (χ2n) is 5.30. The maximum absolute atomic E-state index is 4.56. The van der Waals surface area contributed by atoms with E-state index in [1.807, 2.05) is 12.4 Å². The Morgan fingerprint density at radius 3 is 2.83 bits per heavy atom. The average Bonchev–Trinajstić information content (AvgIpc) is 2.85. The highest BCUT2D eigenvalue weighted by Gasteiger charge is 2.23. The molecule has 1 unspecified atom stereocenters. The molecule has 0 amide bonds. The van der Waals surface area contributed by atoms with Crippen LogP contribution in [-0.2, 0) is 6.54 Å². The molecule has 0 saturated carbocycles.